The van der Waals surface area contributed by atoms with Gasteiger partial charge in [-0.05, 0) is 50.9 Å². The molecule has 0 spiro atoms. The third kappa shape index (κ3) is 2.75. The highest BCUT2D eigenvalue weighted by molar-refractivity contribution is 5.09. The first kappa shape index (κ1) is 13.6. The van der Waals surface area contributed by atoms with Crippen molar-refractivity contribution in [3.63, 3.8) is 0 Å². The molecule has 0 aromatic carbocycles. The molecule has 4 heteroatoms. The molecule has 0 radical (unpaired) electrons. The Kier molecular flexibility index (Phi) is 4.78. The van der Waals surface area contributed by atoms with Gasteiger partial charge >= 0.3 is 0 Å². The van der Waals surface area contributed by atoms with Crippen LogP contribution in [0.25, 0.3) is 0 Å². The average Bonchev–Trinajstić information content (AvgIpc) is 2.68. The van der Waals surface area contributed by atoms with Crippen LogP contribution in [-0.2, 0) is 7.05 Å². The number of hydrogen-bond donors (Lipinski definition) is 1. The first-order chi connectivity index (χ1) is 8.77. The summed E-state index contributed by atoms with van der Waals surface area (Å²) in [7, 11) is 2.04. The molecule has 18 heavy (non-hydrogen) atoms. The molecule has 2 heterocycles. The smallest absolute Gasteiger partial charge is 0.0557 e. The Morgan fingerprint density at radius 2 is 2.28 bits per heavy atom. The highest BCUT2D eigenvalue weighted by atomic mass is 15.3. The van der Waals surface area contributed by atoms with Gasteiger partial charge in [-0.2, -0.15) is 5.10 Å². The molecule has 2 unspecified atom stereocenters. The van der Waals surface area contributed by atoms with Crippen LogP contribution in [0.2, 0.25) is 0 Å². The predicted molar refractivity (Wildman–Crippen MR) is 74.2 cm³/mol. The first-order valence-corrected chi connectivity index (χ1v) is 7.20. The van der Waals surface area contributed by atoms with Gasteiger partial charge in [0, 0.05) is 13.2 Å². The lowest BCUT2D eigenvalue weighted by atomic mass is 9.92. The van der Waals surface area contributed by atoms with E-state index in [1.165, 1.54) is 37.9 Å². The molecule has 1 aliphatic rings. The fourth-order valence-corrected chi connectivity index (χ4v) is 3.20. The van der Waals surface area contributed by atoms with Gasteiger partial charge in [0.25, 0.3) is 0 Å². The zero-order valence-corrected chi connectivity index (χ0v) is 11.7. The highest BCUT2D eigenvalue weighted by Crippen LogP contribution is 2.34. The van der Waals surface area contributed by atoms with E-state index in [9.17, 15) is 0 Å². The van der Waals surface area contributed by atoms with Crippen molar-refractivity contribution in [1.29, 1.82) is 0 Å². The van der Waals surface area contributed by atoms with Crippen LogP contribution in [-0.4, -0.2) is 34.3 Å². The van der Waals surface area contributed by atoms with Crippen LogP contribution in [0, 0.1) is 5.92 Å². The van der Waals surface area contributed by atoms with Gasteiger partial charge in [0.15, 0.2) is 0 Å². The monoisotopic (exact) mass is 250 g/mol. The molecule has 1 aromatic heterocycles. The van der Waals surface area contributed by atoms with Gasteiger partial charge in [-0.3, -0.25) is 9.58 Å². The number of hydrogen-bond acceptors (Lipinski definition) is 3. The summed E-state index contributed by atoms with van der Waals surface area (Å²) < 4.78 is 2.02. The van der Waals surface area contributed by atoms with Crippen molar-refractivity contribution in [3.05, 3.63) is 18.0 Å². The summed E-state index contributed by atoms with van der Waals surface area (Å²) in [6.07, 6.45) is 6.94. The SMILES string of the molecule is CCCN1CCCCC(CN)C1c1ccnn1C. The number of nitrogens with zero attached hydrogens (tertiary/aromatic N) is 3. The van der Waals surface area contributed by atoms with Crippen LogP contribution in [0.4, 0.5) is 0 Å². The molecule has 2 N–H and O–H groups in total. The van der Waals surface area contributed by atoms with Crippen LogP contribution in [0.3, 0.4) is 0 Å². The molecule has 1 saturated heterocycles. The molecule has 102 valence electrons. The summed E-state index contributed by atoms with van der Waals surface area (Å²) in [5.41, 5.74) is 7.34. The topological polar surface area (TPSA) is 47.1 Å². The quantitative estimate of drug-likeness (QED) is 0.888. The van der Waals surface area contributed by atoms with Crippen LogP contribution < -0.4 is 5.73 Å². The van der Waals surface area contributed by atoms with Crippen molar-refractivity contribution in [3.8, 4) is 0 Å². The predicted octanol–water partition coefficient (Wildman–Crippen LogP) is 1.93. The fourth-order valence-electron chi connectivity index (χ4n) is 3.20. The third-order valence-corrected chi connectivity index (χ3v) is 4.09. The van der Waals surface area contributed by atoms with E-state index in [0.29, 0.717) is 12.0 Å². The summed E-state index contributed by atoms with van der Waals surface area (Å²) in [6.45, 7) is 5.38. The largest absolute Gasteiger partial charge is 0.330 e. The number of aromatic nitrogens is 2. The lowest BCUT2D eigenvalue weighted by molar-refractivity contribution is 0.151. The lowest BCUT2D eigenvalue weighted by Gasteiger charge is -2.34. The van der Waals surface area contributed by atoms with Crippen molar-refractivity contribution >= 4 is 0 Å². The molecular formula is C14H26N4. The van der Waals surface area contributed by atoms with Gasteiger partial charge in [-0.25, -0.2) is 0 Å². The summed E-state index contributed by atoms with van der Waals surface area (Å²) in [4.78, 5) is 2.61. The maximum absolute atomic E-state index is 6.02. The van der Waals surface area contributed by atoms with E-state index in [-0.39, 0.29) is 0 Å². The van der Waals surface area contributed by atoms with Crippen molar-refractivity contribution in [2.24, 2.45) is 18.7 Å². The minimum absolute atomic E-state index is 0.449. The summed E-state index contributed by atoms with van der Waals surface area (Å²) in [5, 5.41) is 4.33. The zero-order valence-electron chi connectivity index (χ0n) is 11.7. The van der Waals surface area contributed by atoms with Crippen LogP contribution in [0.5, 0.6) is 0 Å². The molecule has 1 aliphatic heterocycles. The molecule has 4 nitrogen and oxygen atoms in total. The van der Waals surface area contributed by atoms with Gasteiger partial charge in [0.1, 0.15) is 0 Å². The first-order valence-electron chi connectivity index (χ1n) is 7.20. The van der Waals surface area contributed by atoms with Crippen LogP contribution >= 0.6 is 0 Å². The molecule has 0 bridgehead atoms. The van der Waals surface area contributed by atoms with E-state index in [0.717, 1.165) is 13.1 Å². The van der Waals surface area contributed by atoms with E-state index in [1.54, 1.807) is 0 Å². The molecule has 1 aromatic rings. The molecule has 1 fully saturated rings. The normalized spacial score (nSPS) is 26.2. The Hall–Kier alpha value is -0.870. The Morgan fingerprint density at radius 3 is 2.89 bits per heavy atom. The third-order valence-electron chi connectivity index (χ3n) is 4.09. The van der Waals surface area contributed by atoms with Crippen molar-refractivity contribution in [1.82, 2.24) is 14.7 Å². The number of likely N-dealkylation sites (tertiary alicyclic amines) is 1. The van der Waals surface area contributed by atoms with Crippen LogP contribution in [0.15, 0.2) is 12.3 Å². The molecule has 0 amide bonds. The Morgan fingerprint density at radius 1 is 1.44 bits per heavy atom. The van der Waals surface area contributed by atoms with Gasteiger partial charge < -0.3 is 5.73 Å². The van der Waals surface area contributed by atoms with Gasteiger partial charge in [-0.15, -0.1) is 0 Å². The standard InChI is InChI=1S/C14H26N4/c1-3-9-18-10-5-4-6-12(11-15)14(18)13-7-8-16-17(13)2/h7-8,12,14H,3-6,9-11,15H2,1-2H3. The second kappa shape index (κ2) is 6.34. The van der Waals surface area contributed by atoms with Gasteiger partial charge in [0.05, 0.1) is 11.7 Å². The minimum Gasteiger partial charge on any atom is -0.330 e. The summed E-state index contributed by atoms with van der Waals surface area (Å²) >= 11 is 0. The molecular weight excluding hydrogens is 224 g/mol. The van der Waals surface area contributed by atoms with Crippen molar-refractivity contribution < 1.29 is 0 Å². The number of rotatable bonds is 4. The Labute approximate surface area is 110 Å². The highest BCUT2D eigenvalue weighted by Gasteiger charge is 2.31. The van der Waals surface area contributed by atoms with Crippen molar-refractivity contribution in [2.75, 3.05) is 19.6 Å². The minimum atomic E-state index is 0.449. The van der Waals surface area contributed by atoms with Crippen LogP contribution in [0.1, 0.15) is 44.3 Å². The Balaban J connectivity index is 2.29. The van der Waals surface area contributed by atoms with E-state index in [1.807, 2.05) is 17.9 Å². The van der Waals surface area contributed by atoms with Gasteiger partial charge in [-0.1, -0.05) is 13.3 Å². The molecule has 2 atom stereocenters. The maximum atomic E-state index is 6.02. The molecule has 0 saturated carbocycles. The van der Waals surface area contributed by atoms with E-state index in [2.05, 4.69) is 23.0 Å². The van der Waals surface area contributed by atoms with Gasteiger partial charge in [0.2, 0.25) is 0 Å². The van der Waals surface area contributed by atoms with Crippen molar-refractivity contribution in [2.45, 2.75) is 38.6 Å². The number of aryl methyl sites for hydroxylation is 1. The second-order valence-electron chi connectivity index (χ2n) is 5.35. The summed E-state index contributed by atoms with van der Waals surface area (Å²) in [6, 6.07) is 2.60. The van der Waals surface area contributed by atoms with E-state index < -0.39 is 0 Å². The lowest BCUT2D eigenvalue weighted by Crippen LogP contribution is -2.37. The number of nitrogens with two attached hydrogens (primary N) is 1. The average molecular weight is 250 g/mol. The maximum Gasteiger partial charge on any atom is 0.0557 e. The fraction of sp³-hybridized carbons (Fsp3) is 0.786. The zero-order chi connectivity index (χ0) is 13.0. The van der Waals surface area contributed by atoms with E-state index >= 15 is 0 Å². The summed E-state index contributed by atoms with van der Waals surface area (Å²) in [5.74, 6) is 0.564. The molecule has 0 aliphatic carbocycles. The second-order valence-corrected chi connectivity index (χ2v) is 5.35. The Bertz CT molecular complexity index is 360. The van der Waals surface area contributed by atoms with E-state index in [4.69, 9.17) is 5.73 Å². The molecule has 2 rings (SSSR count).